The molecule has 0 bridgehead atoms. The molecule has 0 saturated carbocycles. The van der Waals surface area contributed by atoms with E-state index in [2.05, 4.69) is 6.58 Å². The molecule has 1 atom stereocenters. The second kappa shape index (κ2) is 3.95. The first-order valence-corrected chi connectivity index (χ1v) is 4.57. The maximum Gasteiger partial charge on any atom is 0.103 e. The van der Waals surface area contributed by atoms with Gasteiger partial charge in [-0.25, -0.2) is 0 Å². The molecular formula is C12H16O2. The molecule has 1 aromatic carbocycles. The van der Waals surface area contributed by atoms with Gasteiger partial charge in [-0.2, -0.15) is 0 Å². The highest BCUT2D eigenvalue weighted by molar-refractivity contribution is 5.28. The maximum atomic E-state index is 9.87. The summed E-state index contributed by atoms with van der Waals surface area (Å²) in [6.07, 6.45) is -0.809. The van der Waals surface area contributed by atoms with E-state index in [1.165, 1.54) is 0 Å². The van der Waals surface area contributed by atoms with Gasteiger partial charge in [0, 0.05) is 0 Å². The second-order valence-corrected chi connectivity index (χ2v) is 3.90. The number of benzene rings is 1. The Morgan fingerprint density at radius 2 is 1.79 bits per heavy atom. The third-order valence-corrected chi connectivity index (χ3v) is 2.23. The van der Waals surface area contributed by atoms with E-state index in [0.717, 1.165) is 5.56 Å². The van der Waals surface area contributed by atoms with Gasteiger partial charge in [-0.1, -0.05) is 36.9 Å². The Morgan fingerprint density at radius 3 is 2.21 bits per heavy atom. The summed E-state index contributed by atoms with van der Waals surface area (Å²) in [5.41, 5.74) is 0.0956. The molecule has 0 aliphatic heterocycles. The molecule has 1 rings (SSSR count). The summed E-state index contributed by atoms with van der Waals surface area (Å²) >= 11 is 0. The molecule has 0 aliphatic rings. The molecule has 0 amide bonds. The van der Waals surface area contributed by atoms with Crippen molar-refractivity contribution in [3.63, 3.8) is 0 Å². The molecule has 2 nitrogen and oxygen atoms in total. The Kier molecular flexibility index (Phi) is 3.09. The number of hydrogen-bond acceptors (Lipinski definition) is 2. The predicted molar refractivity (Wildman–Crippen MR) is 56.8 cm³/mol. The monoisotopic (exact) mass is 192 g/mol. The van der Waals surface area contributed by atoms with Crippen LogP contribution in [0.3, 0.4) is 0 Å². The van der Waals surface area contributed by atoms with Crippen molar-refractivity contribution in [2.24, 2.45) is 0 Å². The average molecular weight is 192 g/mol. The first-order chi connectivity index (χ1) is 6.43. The normalized spacial score (nSPS) is 13.7. The van der Waals surface area contributed by atoms with Crippen molar-refractivity contribution in [1.82, 2.24) is 0 Å². The fourth-order valence-corrected chi connectivity index (χ4v) is 1.17. The van der Waals surface area contributed by atoms with Gasteiger partial charge in [0.15, 0.2) is 0 Å². The van der Waals surface area contributed by atoms with Crippen molar-refractivity contribution >= 4 is 0 Å². The standard InChI is InChI=1S/C12H16O2/c1-9(12(2,3)14)11(13)10-7-5-4-6-8-10/h4-8,11,13-14H,1H2,2-3H3. The van der Waals surface area contributed by atoms with Gasteiger partial charge in [-0.15, -0.1) is 0 Å². The fraction of sp³-hybridized carbons (Fsp3) is 0.333. The van der Waals surface area contributed by atoms with Crippen molar-refractivity contribution in [3.05, 3.63) is 48.0 Å². The van der Waals surface area contributed by atoms with E-state index in [9.17, 15) is 10.2 Å². The van der Waals surface area contributed by atoms with Crippen molar-refractivity contribution < 1.29 is 10.2 Å². The van der Waals surface area contributed by atoms with Crippen LogP contribution in [0.25, 0.3) is 0 Å². The van der Waals surface area contributed by atoms with Crippen LogP contribution in [0.1, 0.15) is 25.5 Å². The molecule has 0 spiro atoms. The van der Waals surface area contributed by atoms with Gasteiger partial charge >= 0.3 is 0 Å². The molecule has 14 heavy (non-hydrogen) atoms. The van der Waals surface area contributed by atoms with Gasteiger partial charge in [0.25, 0.3) is 0 Å². The van der Waals surface area contributed by atoms with Crippen LogP contribution < -0.4 is 0 Å². The lowest BCUT2D eigenvalue weighted by atomic mass is 9.91. The minimum Gasteiger partial charge on any atom is -0.386 e. The number of aliphatic hydroxyl groups is 2. The first-order valence-electron chi connectivity index (χ1n) is 4.57. The van der Waals surface area contributed by atoms with E-state index in [4.69, 9.17) is 0 Å². The zero-order valence-corrected chi connectivity index (χ0v) is 8.57. The fourth-order valence-electron chi connectivity index (χ4n) is 1.17. The molecule has 1 unspecified atom stereocenters. The number of rotatable bonds is 3. The molecule has 0 saturated heterocycles. The van der Waals surface area contributed by atoms with Gasteiger partial charge in [-0.05, 0) is 25.0 Å². The molecule has 0 aliphatic carbocycles. The summed E-state index contributed by atoms with van der Waals surface area (Å²) in [6.45, 7) is 6.93. The Morgan fingerprint density at radius 1 is 1.29 bits per heavy atom. The number of aliphatic hydroxyl groups excluding tert-OH is 1. The van der Waals surface area contributed by atoms with Gasteiger partial charge < -0.3 is 10.2 Å². The van der Waals surface area contributed by atoms with E-state index in [-0.39, 0.29) is 0 Å². The molecule has 0 aromatic heterocycles. The Balaban J connectivity index is 2.87. The Bertz CT molecular complexity index is 309. The molecule has 0 fully saturated rings. The zero-order chi connectivity index (χ0) is 10.8. The highest BCUT2D eigenvalue weighted by atomic mass is 16.3. The van der Waals surface area contributed by atoms with Crippen LogP contribution in [0.5, 0.6) is 0 Å². The topological polar surface area (TPSA) is 40.5 Å². The van der Waals surface area contributed by atoms with Gasteiger partial charge in [0.2, 0.25) is 0 Å². The van der Waals surface area contributed by atoms with Crippen molar-refractivity contribution in [1.29, 1.82) is 0 Å². The second-order valence-electron chi connectivity index (χ2n) is 3.90. The summed E-state index contributed by atoms with van der Waals surface area (Å²) in [5.74, 6) is 0. The summed E-state index contributed by atoms with van der Waals surface area (Å²) in [5, 5.41) is 19.5. The van der Waals surface area contributed by atoms with E-state index < -0.39 is 11.7 Å². The van der Waals surface area contributed by atoms with Crippen LogP contribution in [0.4, 0.5) is 0 Å². The lowest BCUT2D eigenvalue weighted by Crippen LogP contribution is -2.25. The molecule has 76 valence electrons. The van der Waals surface area contributed by atoms with Crippen LogP contribution in [0.2, 0.25) is 0 Å². The quantitative estimate of drug-likeness (QED) is 0.719. The first kappa shape index (κ1) is 11.0. The number of hydrogen-bond donors (Lipinski definition) is 2. The van der Waals surface area contributed by atoms with Gasteiger partial charge in [-0.3, -0.25) is 0 Å². The van der Waals surface area contributed by atoms with Crippen LogP contribution in [0.15, 0.2) is 42.5 Å². The lowest BCUT2D eigenvalue weighted by molar-refractivity contribution is 0.0811. The van der Waals surface area contributed by atoms with Crippen molar-refractivity contribution in [2.75, 3.05) is 0 Å². The minimum atomic E-state index is -1.06. The van der Waals surface area contributed by atoms with E-state index >= 15 is 0 Å². The SMILES string of the molecule is C=C(C(O)c1ccccc1)C(C)(C)O. The maximum absolute atomic E-state index is 9.87. The lowest BCUT2D eigenvalue weighted by Gasteiger charge is -2.25. The Hall–Kier alpha value is -1.12. The van der Waals surface area contributed by atoms with Crippen LogP contribution >= 0.6 is 0 Å². The van der Waals surface area contributed by atoms with Crippen LogP contribution in [0, 0.1) is 0 Å². The average Bonchev–Trinajstić information content (AvgIpc) is 2.15. The van der Waals surface area contributed by atoms with E-state index in [0.29, 0.717) is 5.57 Å². The van der Waals surface area contributed by atoms with Gasteiger partial charge in [0.05, 0.1) is 5.60 Å². The highest BCUT2D eigenvalue weighted by Crippen LogP contribution is 2.27. The summed E-state index contributed by atoms with van der Waals surface area (Å²) < 4.78 is 0. The Labute approximate surface area is 84.5 Å². The minimum absolute atomic E-state index is 0.406. The smallest absolute Gasteiger partial charge is 0.103 e. The van der Waals surface area contributed by atoms with Gasteiger partial charge in [0.1, 0.15) is 6.10 Å². The van der Waals surface area contributed by atoms with Crippen molar-refractivity contribution in [3.8, 4) is 0 Å². The molecule has 1 aromatic rings. The molecule has 0 heterocycles. The largest absolute Gasteiger partial charge is 0.386 e. The highest BCUT2D eigenvalue weighted by Gasteiger charge is 2.24. The summed E-state index contributed by atoms with van der Waals surface area (Å²) in [7, 11) is 0. The zero-order valence-electron chi connectivity index (χ0n) is 8.57. The molecule has 2 N–H and O–H groups in total. The summed E-state index contributed by atoms with van der Waals surface area (Å²) in [4.78, 5) is 0. The summed E-state index contributed by atoms with van der Waals surface area (Å²) in [6, 6.07) is 9.18. The third-order valence-electron chi connectivity index (χ3n) is 2.23. The van der Waals surface area contributed by atoms with E-state index in [1.807, 2.05) is 30.3 Å². The van der Waals surface area contributed by atoms with Crippen LogP contribution in [-0.2, 0) is 0 Å². The molecule has 2 heteroatoms. The van der Waals surface area contributed by atoms with E-state index in [1.54, 1.807) is 13.8 Å². The molecular weight excluding hydrogens is 176 g/mol. The predicted octanol–water partition coefficient (Wildman–Crippen LogP) is 2.05. The molecule has 0 radical (unpaired) electrons. The third kappa shape index (κ3) is 2.44. The van der Waals surface area contributed by atoms with Crippen molar-refractivity contribution in [2.45, 2.75) is 25.6 Å². The van der Waals surface area contributed by atoms with Crippen LogP contribution in [-0.4, -0.2) is 15.8 Å².